The second-order valence-corrected chi connectivity index (χ2v) is 7.77. The lowest BCUT2D eigenvalue weighted by molar-refractivity contribution is -0.113. The van der Waals surface area contributed by atoms with Crippen LogP contribution in [-0.4, -0.2) is 5.78 Å². The van der Waals surface area contributed by atoms with Crippen LogP contribution < -0.4 is 0 Å². The largest absolute Gasteiger partial charge is 0.289 e. The van der Waals surface area contributed by atoms with Gasteiger partial charge in [-0.15, -0.1) is 5.11 Å². The summed E-state index contributed by atoms with van der Waals surface area (Å²) in [6.07, 6.45) is 5.02. The van der Waals surface area contributed by atoms with Gasteiger partial charge in [-0.05, 0) is 54.7 Å². The van der Waals surface area contributed by atoms with E-state index >= 15 is 0 Å². The quantitative estimate of drug-likeness (QED) is 0.456. The van der Waals surface area contributed by atoms with Crippen LogP contribution in [0.3, 0.4) is 0 Å². The van der Waals surface area contributed by atoms with Gasteiger partial charge in [0.25, 0.3) is 0 Å². The lowest BCUT2D eigenvalue weighted by Gasteiger charge is -2.25. The fourth-order valence-corrected chi connectivity index (χ4v) is 2.43. The summed E-state index contributed by atoms with van der Waals surface area (Å²) in [4.78, 5) is 12.3. The average molecular weight is 403 g/mol. The summed E-state index contributed by atoms with van der Waals surface area (Å²) in [5.74, 6) is 0.0945. The lowest BCUT2D eigenvalue weighted by atomic mass is 9.78. The number of rotatable bonds is 2. The van der Waals surface area contributed by atoms with Crippen molar-refractivity contribution in [1.29, 1.82) is 0 Å². The molecule has 3 nitrogen and oxygen atoms in total. The van der Waals surface area contributed by atoms with Gasteiger partial charge in [-0.3, -0.25) is 4.79 Å². The second-order valence-electron chi connectivity index (χ2n) is 7.36. The molecule has 2 rings (SSSR count). The Balaban J connectivity index is 0.00000133. The van der Waals surface area contributed by atoms with E-state index in [1.54, 1.807) is 6.07 Å². The van der Waals surface area contributed by atoms with Crippen molar-refractivity contribution < 1.29 is 4.79 Å². The Hall–Kier alpha value is -2.00. The van der Waals surface area contributed by atoms with E-state index in [1.165, 1.54) is 6.42 Å². The van der Waals surface area contributed by atoms with Crippen LogP contribution in [0, 0.1) is 5.41 Å². The van der Waals surface area contributed by atoms with Gasteiger partial charge in [0.1, 0.15) is 5.69 Å². The molecule has 1 aliphatic rings. The van der Waals surface area contributed by atoms with Crippen LogP contribution in [0.1, 0.15) is 68.7 Å². The predicted octanol–water partition coefficient (Wildman–Crippen LogP) is 8.64. The van der Waals surface area contributed by atoms with Crippen molar-refractivity contribution in [3.63, 3.8) is 0 Å². The minimum absolute atomic E-state index is 0.0945. The molecule has 0 N–H and O–H groups in total. The summed E-state index contributed by atoms with van der Waals surface area (Å²) in [6, 6.07) is 7.30. The molecule has 0 radical (unpaired) electrons. The third kappa shape index (κ3) is 7.93. The number of carbonyl (C=O) groups excluding carboxylic acids is 1. The number of nitrogens with zero attached hydrogens (tertiary/aromatic N) is 2. The first-order chi connectivity index (χ1) is 13.1. The van der Waals surface area contributed by atoms with E-state index in [9.17, 15) is 4.79 Å². The molecule has 1 aromatic rings. The maximum atomic E-state index is 12.3. The van der Waals surface area contributed by atoms with Gasteiger partial charge in [0.05, 0.1) is 10.7 Å². The fourth-order valence-electron chi connectivity index (χ4n) is 2.26. The molecule has 154 valence electrons. The predicted molar refractivity (Wildman–Crippen MR) is 122 cm³/mol. The summed E-state index contributed by atoms with van der Waals surface area (Å²) < 4.78 is 0. The monoisotopic (exact) mass is 402 g/mol. The molecule has 0 heterocycles. The van der Waals surface area contributed by atoms with Crippen LogP contribution in [0.15, 0.2) is 69.1 Å². The van der Waals surface area contributed by atoms with Crippen molar-refractivity contribution in [2.75, 3.05) is 0 Å². The second kappa shape index (κ2) is 12.5. The van der Waals surface area contributed by atoms with Crippen LogP contribution in [-0.2, 0) is 4.79 Å². The molecule has 0 bridgehead atoms. The smallest absolute Gasteiger partial charge is 0.185 e. The molecule has 0 aromatic heterocycles. The van der Waals surface area contributed by atoms with Crippen LogP contribution in [0.5, 0.6) is 0 Å². The zero-order chi connectivity index (χ0) is 21.9. The number of carbonyl (C=O) groups is 1. The highest BCUT2D eigenvalue weighted by Crippen LogP contribution is 2.34. The topological polar surface area (TPSA) is 41.8 Å². The van der Waals surface area contributed by atoms with Gasteiger partial charge < -0.3 is 0 Å². The Kier molecular flexibility index (Phi) is 11.6. The lowest BCUT2D eigenvalue weighted by Crippen LogP contribution is -2.21. The van der Waals surface area contributed by atoms with Crippen molar-refractivity contribution in [1.82, 2.24) is 0 Å². The van der Waals surface area contributed by atoms with E-state index in [0.29, 0.717) is 10.7 Å². The molecule has 4 heteroatoms. The number of azo groups is 1. The van der Waals surface area contributed by atoms with E-state index in [1.807, 2.05) is 78.8 Å². The normalized spacial score (nSPS) is 15.7. The van der Waals surface area contributed by atoms with Gasteiger partial charge in [0.2, 0.25) is 0 Å². The Morgan fingerprint density at radius 3 is 2.11 bits per heavy atom. The average Bonchev–Trinajstić information content (AvgIpc) is 2.64. The van der Waals surface area contributed by atoms with Crippen molar-refractivity contribution in [3.05, 3.63) is 63.9 Å². The standard InChI is InChI=1S/C19H21ClN2O.C3H8.C2H6/c1-12-10-14(11-15(18(12)23)19(3,4)5)13(2)21-22-17-9-7-6-8-16(17)20;1-3-2;1-2/h6-11H,1-5H3;3H2,1-2H3;1-2H3/b14-13-,22-21?;;. The molecule has 0 atom stereocenters. The van der Waals surface area contributed by atoms with Crippen LogP contribution in [0.25, 0.3) is 0 Å². The zero-order valence-corrected chi connectivity index (χ0v) is 19.6. The number of Topliss-reactive ketones (excluding diaryl/α,β-unsaturated/α-hetero) is 1. The SMILES string of the molecule is CC.CC1=C/C(=C(\C)N=Nc2ccccc2Cl)C=C(C(C)(C)C)C1=O.CCC. The number of hydrogen-bond donors (Lipinski definition) is 0. The Bertz CT molecular complexity index is 778. The third-order valence-corrected chi connectivity index (χ3v) is 3.98. The first-order valence-electron chi connectivity index (χ1n) is 9.94. The first-order valence-corrected chi connectivity index (χ1v) is 10.3. The summed E-state index contributed by atoms with van der Waals surface area (Å²) >= 11 is 6.08. The number of hydrogen-bond acceptors (Lipinski definition) is 3. The molecule has 1 aliphatic carbocycles. The van der Waals surface area contributed by atoms with Gasteiger partial charge in [0, 0.05) is 5.57 Å². The van der Waals surface area contributed by atoms with E-state index in [-0.39, 0.29) is 11.2 Å². The highest BCUT2D eigenvalue weighted by atomic mass is 35.5. The highest BCUT2D eigenvalue weighted by Gasteiger charge is 2.27. The van der Waals surface area contributed by atoms with Crippen LogP contribution in [0.2, 0.25) is 5.02 Å². The van der Waals surface area contributed by atoms with E-state index < -0.39 is 0 Å². The fraction of sp³-hybridized carbons (Fsp3) is 0.458. The molecule has 28 heavy (non-hydrogen) atoms. The van der Waals surface area contributed by atoms with Crippen molar-refractivity contribution in [2.24, 2.45) is 15.6 Å². The van der Waals surface area contributed by atoms with E-state index in [4.69, 9.17) is 11.6 Å². The molecule has 0 aliphatic heterocycles. The van der Waals surface area contributed by atoms with Gasteiger partial charge >= 0.3 is 0 Å². The Morgan fingerprint density at radius 1 is 1.07 bits per heavy atom. The van der Waals surface area contributed by atoms with Gasteiger partial charge in [-0.25, -0.2) is 0 Å². The number of benzene rings is 1. The number of ketones is 1. The maximum Gasteiger partial charge on any atom is 0.185 e. The number of halogens is 1. The van der Waals surface area contributed by atoms with E-state index in [2.05, 4.69) is 24.1 Å². The first kappa shape index (κ1) is 26.0. The highest BCUT2D eigenvalue weighted by molar-refractivity contribution is 6.32. The van der Waals surface area contributed by atoms with Crippen LogP contribution >= 0.6 is 11.6 Å². The Labute approximate surface area is 176 Å². The Morgan fingerprint density at radius 2 is 1.61 bits per heavy atom. The molecular weight excluding hydrogens is 368 g/mol. The molecule has 0 amide bonds. The van der Waals surface area contributed by atoms with Gasteiger partial charge in [0.15, 0.2) is 5.78 Å². The van der Waals surface area contributed by atoms with E-state index in [0.717, 1.165) is 22.4 Å². The molecule has 0 saturated carbocycles. The van der Waals surface area contributed by atoms with Gasteiger partial charge in [-0.1, -0.05) is 78.6 Å². The summed E-state index contributed by atoms with van der Waals surface area (Å²) in [5, 5.41) is 9.04. The zero-order valence-electron chi connectivity index (χ0n) is 18.9. The maximum absolute atomic E-state index is 12.3. The minimum atomic E-state index is -0.210. The van der Waals surface area contributed by atoms with Crippen LogP contribution in [0.4, 0.5) is 5.69 Å². The van der Waals surface area contributed by atoms with Gasteiger partial charge in [-0.2, -0.15) is 5.11 Å². The molecule has 0 unspecified atom stereocenters. The summed E-state index contributed by atoms with van der Waals surface area (Å²) in [7, 11) is 0. The van der Waals surface area contributed by atoms with Crippen molar-refractivity contribution in [3.8, 4) is 0 Å². The molecule has 0 spiro atoms. The molecule has 0 saturated heterocycles. The molecule has 1 aromatic carbocycles. The summed E-state index contributed by atoms with van der Waals surface area (Å²) in [6.45, 7) is 18.1. The third-order valence-electron chi connectivity index (χ3n) is 3.66. The number of allylic oxidation sites excluding steroid dienone is 6. The minimum Gasteiger partial charge on any atom is -0.289 e. The molecule has 0 fully saturated rings. The van der Waals surface area contributed by atoms with Crippen molar-refractivity contribution in [2.45, 2.75) is 68.7 Å². The summed E-state index contributed by atoms with van der Waals surface area (Å²) in [5.41, 5.74) is 3.58. The molecular formula is C24H35ClN2O. The van der Waals surface area contributed by atoms with Crippen molar-refractivity contribution >= 4 is 23.1 Å².